The van der Waals surface area contributed by atoms with Gasteiger partial charge in [0.2, 0.25) is 3.79 Å². The van der Waals surface area contributed by atoms with Crippen molar-refractivity contribution in [3.8, 4) is 0 Å². The van der Waals surface area contributed by atoms with Crippen molar-refractivity contribution < 1.29 is 4.79 Å². The maximum atomic E-state index is 12.4. The molecule has 1 aromatic heterocycles. The van der Waals surface area contributed by atoms with Crippen LogP contribution in [0, 0.1) is 0 Å². The van der Waals surface area contributed by atoms with Crippen molar-refractivity contribution in [2.75, 3.05) is 14.1 Å². The molecule has 1 amide bonds. The Balaban J connectivity index is 2.22. The van der Waals surface area contributed by atoms with Gasteiger partial charge in [-0.2, -0.15) is 0 Å². The fourth-order valence-corrected chi connectivity index (χ4v) is 3.28. The second kappa shape index (κ2) is 8.16. The highest BCUT2D eigenvalue weighted by atomic mass is 35.6. The number of nitrogens with zero attached hydrogens (tertiary/aromatic N) is 3. The highest BCUT2D eigenvalue weighted by Gasteiger charge is 2.37. The summed E-state index contributed by atoms with van der Waals surface area (Å²) >= 11 is 19.4. The largest absolute Gasteiger partial charge is 0.369 e. The van der Waals surface area contributed by atoms with Crippen molar-refractivity contribution in [2.24, 2.45) is 4.99 Å². The van der Waals surface area contributed by atoms with Crippen LogP contribution in [-0.4, -0.2) is 40.0 Å². The van der Waals surface area contributed by atoms with E-state index in [1.807, 2.05) is 20.2 Å². The number of alkyl halides is 3. The van der Waals surface area contributed by atoms with Gasteiger partial charge in [0.25, 0.3) is 5.91 Å². The van der Waals surface area contributed by atoms with Crippen molar-refractivity contribution in [3.63, 3.8) is 0 Å². The van der Waals surface area contributed by atoms with E-state index in [0.717, 1.165) is 0 Å². The van der Waals surface area contributed by atoms with Crippen LogP contribution >= 0.6 is 46.1 Å². The van der Waals surface area contributed by atoms with Crippen molar-refractivity contribution in [3.05, 3.63) is 47.1 Å². The first-order valence-electron chi connectivity index (χ1n) is 6.86. The lowest BCUT2D eigenvalue weighted by Crippen LogP contribution is -2.36. The lowest BCUT2D eigenvalue weighted by molar-refractivity contribution is 0.0937. The van der Waals surface area contributed by atoms with Crippen LogP contribution in [0.5, 0.6) is 0 Å². The monoisotopic (exact) mass is 404 g/mol. The molecule has 0 bridgehead atoms. The summed E-state index contributed by atoms with van der Waals surface area (Å²) in [6.45, 7) is 0. The molecule has 0 aliphatic heterocycles. The molecule has 1 atom stereocenters. The number of thiazole rings is 1. The average Bonchev–Trinajstić information content (AvgIpc) is 2.98. The molecule has 128 valence electrons. The number of halogens is 3. The number of nitrogens with one attached hydrogen (secondary N) is 1. The van der Waals surface area contributed by atoms with Crippen LogP contribution in [-0.2, 0) is 0 Å². The van der Waals surface area contributed by atoms with Crippen LogP contribution < -0.4 is 5.32 Å². The third-order valence-corrected chi connectivity index (χ3v) is 4.44. The molecule has 2 aromatic rings. The summed E-state index contributed by atoms with van der Waals surface area (Å²) in [6, 6.07) is 7.81. The molecule has 1 aromatic carbocycles. The van der Waals surface area contributed by atoms with Gasteiger partial charge in [-0.25, -0.2) is 9.98 Å². The van der Waals surface area contributed by atoms with E-state index in [1.165, 1.54) is 11.3 Å². The summed E-state index contributed by atoms with van der Waals surface area (Å²) in [7, 11) is 3.71. The second-order valence-corrected chi connectivity index (χ2v) is 8.47. The summed E-state index contributed by atoms with van der Waals surface area (Å²) in [6.07, 6.45) is 3.21. The van der Waals surface area contributed by atoms with E-state index in [-0.39, 0.29) is 5.91 Å². The van der Waals surface area contributed by atoms with Gasteiger partial charge in [0, 0.05) is 19.7 Å². The van der Waals surface area contributed by atoms with Gasteiger partial charge in [0.15, 0.2) is 0 Å². The first kappa shape index (κ1) is 19.0. The fourth-order valence-electron chi connectivity index (χ4n) is 1.73. The van der Waals surface area contributed by atoms with E-state index in [0.29, 0.717) is 15.6 Å². The molecule has 1 N–H and O–H groups in total. The molecule has 2 rings (SSSR count). The number of benzene rings is 1. The fraction of sp³-hybridized carbons (Fsp3) is 0.267. The summed E-state index contributed by atoms with van der Waals surface area (Å²) < 4.78 is -1.75. The molecular formula is C15H15Cl3N4OS. The first-order valence-corrected chi connectivity index (χ1v) is 8.81. The van der Waals surface area contributed by atoms with Gasteiger partial charge in [-0.15, -0.1) is 0 Å². The molecule has 0 fully saturated rings. The highest BCUT2D eigenvalue weighted by Crippen LogP contribution is 2.42. The number of hydrogen-bond acceptors (Lipinski definition) is 4. The second-order valence-electron chi connectivity index (χ2n) is 5.06. The molecule has 0 aliphatic rings. The summed E-state index contributed by atoms with van der Waals surface area (Å²) in [5.41, 5.74) is 0.471. The van der Waals surface area contributed by atoms with Crippen LogP contribution in [0.15, 0.2) is 41.5 Å². The average molecular weight is 406 g/mol. The number of aromatic nitrogens is 1. The quantitative estimate of drug-likeness (QED) is 0.460. The molecule has 0 aliphatic carbocycles. The molecule has 9 heteroatoms. The Morgan fingerprint density at radius 2 is 2.00 bits per heavy atom. The zero-order valence-electron chi connectivity index (χ0n) is 12.9. The molecule has 0 saturated carbocycles. The van der Waals surface area contributed by atoms with Crippen molar-refractivity contribution in [2.45, 2.75) is 9.83 Å². The molecule has 24 heavy (non-hydrogen) atoms. The van der Waals surface area contributed by atoms with E-state index >= 15 is 0 Å². The normalized spacial score (nSPS) is 13.0. The first-order chi connectivity index (χ1) is 11.3. The Morgan fingerprint density at radius 3 is 2.58 bits per heavy atom. The van der Waals surface area contributed by atoms with Gasteiger partial charge in [-0.3, -0.25) is 4.79 Å². The Labute approximate surface area is 159 Å². The molecule has 5 nitrogen and oxygen atoms in total. The van der Waals surface area contributed by atoms with Gasteiger partial charge in [-0.1, -0.05) is 64.3 Å². The summed E-state index contributed by atoms with van der Waals surface area (Å²) in [4.78, 5) is 22.6. The minimum Gasteiger partial charge on any atom is -0.369 e. The highest BCUT2D eigenvalue weighted by molar-refractivity contribution is 7.15. The summed E-state index contributed by atoms with van der Waals surface area (Å²) in [5.74, 6) is -0.347. The van der Waals surface area contributed by atoms with Gasteiger partial charge in [0.1, 0.15) is 16.1 Å². The number of carbonyl (C=O) groups excluding carboxylic acids is 1. The molecule has 0 saturated heterocycles. The third-order valence-electron chi connectivity index (χ3n) is 2.81. The number of rotatable bonds is 5. The van der Waals surface area contributed by atoms with Crippen LogP contribution in [0.2, 0.25) is 0 Å². The van der Waals surface area contributed by atoms with Crippen molar-refractivity contribution >= 4 is 63.4 Å². The lowest BCUT2D eigenvalue weighted by Gasteiger charge is -2.23. The minimum atomic E-state index is -1.75. The van der Waals surface area contributed by atoms with E-state index in [4.69, 9.17) is 34.8 Å². The van der Waals surface area contributed by atoms with Crippen molar-refractivity contribution in [1.29, 1.82) is 0 Å². The molecule has 0 radical (unpaired) electrons. The van der Waals surface area contributed by atoms with Crippen LogP contribution in [0.25, 0.3) is 0 Å². The lowest BCUT2D eigenvalue weighted by atomic mass is 10.2. The predicted octanol–water partition coefficient (Wildman–Crippen LogP) is 4.21. The smallest absolute Gasteiger partial charge is 0.251 e. The number of aliphatic imine (C=N–C) groups is 1. The van der Waals surface area contributed by atoms with E-state index < -0.39 is 9.83 Å². The Morgan fingerprint density at radius 1 is 1.33 bits per heavy atom. The topological polar surface area (TPSA) is 57.6 Å². The SMILES string of the molecule is CN(C)/C=N/c1cnc(C(NC(=O)c2ccccc2)C(Cl)(Cl)Cl)s1. The van der Waals surface area contributed by atoms with Crippen LogP contribution in [0.1, 0.15) is 21.4 Å². The number of amides is 1. The summed E-state index contributed by atoms with van der Waals surface area (Å²) in [5, 5.41) is 3.83. The van der Waals surface area contributed by atoms with Gasteiger partial charge >= 0.3 is 0 Å². The van der Waals surface area contributed by atoms with E-state index in [1.54, 1.807) is 41.7 Å². The maximum absolute atomic E-state index is 12.4. The zero-order chi connectivity index (χ0) is 17.7. The molecule has 0 spiro atoms. The Hall–Kier alpha value is -1.34. The van der Waals surface area contributed by atoms with Gasteiger partial charge in [-0.05, 0) is 12.1 Å². The van der Waals surface area contributed by atoms with Crippen LogP contribution in [0.4, 0.5) is 5.00 Å². The minimum absolute atomic E-state index is 0.347. The van der Waals surface area contributed by atoms with E-state index in [9.17, 15) is 4.79 Å². The van der Waals surface area contributed by atoms with Gasteiger partial charge in [0.05, 0.1) is 12.5 Å². The Kier molecular flexibility index (Phi) is 6.46. The number of hydrogen-bond donors (Lipinski definition) is 1. The third kappa shape index (κ3) is 5.34. The molecule has 1 unspecified atom stereocenters. The van der Waals surface area contributed by atoms with Crippen molar-refractivity contribution in [1.82, 2.24) is 15.2 Å². The zero-order valence-corrected chi connectivity index (χ0v) is 16.0. The maximum Gasteiger partial charge on any atom is 0.251 e. The van der Waals surface area contributed by atoms with Gasteiger partial charge < -0.3 is 10.2 Å². The Bertz CT molecular complexity index is 713. The molecular weight excluding hydrogens is 391 g/mol. The van der Waals surface area contributed by atoms with Crippen LogP contribution in [0.3, 0.4) is 0 Å². The molecule has 1 heterocycles. The van der Waals surface area contributed by atoms with E-state index in [2.05, 4.69) is 15.3 Å². The standard InChI is InChI=1S/C15H15Cl3N4OS/c1-22(2)9-20-11-8-19-14(24-11)12(15(16,17)18)21-13(23)10-6-4-3-5-7-10/h3-9,12H,1-2H3,(H,21,23)/b20-9+. The number of carbonyl (C=O) groups is 1. The predicted molar refractivity (Wildman–Crippen MR) is 101 cm³/mol.